The molecule has 0 aromatic carbocycles. The first-order valence-electron chi connectivity index (χ1n) is 5.82. The largest absolute Gasteiger partial charge is 0.377 e. The molecule has 0 bridgehead atoms. The first-order chi connectivity index (χ1) is 8.78. The third-order valence-electron chi connectivity index (χ3n) is 2.56. The highest BCUT2D eigenvalue weighted by Gasteiger charge is 2.14. The van der Waals surface area contributed by atoms with E-state index < -0.39 is 0 Å². The van der Waals surface area contributed by atoms with Crippen molar-refractivity contribution in [1.29, 1.82) is 0 Å². The Morgan fingerprint density at radius 3 is 3.00 bits per heavy atom. The summed E-state index contributed by atoms with van der Waals surface area (Å²) in [6, 6.07) is 0. The molecule has 1 saturated heterocycles. The fraction of sp³-hybridized carbons (Fsp3) is 0.700. The molecule has 1 fully saturated rings. The Morgan fingerprint density at radius 2 is 2.28 bits per heavy atom. The molecule has 1 aromatic heterocycles. The van der Waals surface area contributed by atoms with E-state index in [0.29, 0.717) is 18.3 Å². The molecule has 1 amide bonds. The quantitative estimate of drug-likeness (QED) is 0.753. The van der Waals surface area contributed by atoms with Gasteiger partial charge in [-0.1, -0.05) is 11.3 Å². The third-order valence-corrected chi connectivity index (χ3v) is 3.37. The summed E-state index contributed by atoms with van der Waals surface area (Å²) in [5.41, 5.74) is 0. The maximum Gasteiger partial charge on any atom is 0.240 e. The van der Waals surface area contributed by atoms with Crippen LogP contribution in [0, 0.1) is 0 Å². The summed E-state index contributed by atoms with van der Waals surface area (Å²) in [5, 5.41) is 15.1. The monoisotopic (exact) mass is 271 g/mol. The van der Waals surface area contributed by atoms with Crippen LogP contribution in [-0.4, -0.2) is 60.8 Å². The number of nitrogens with zero attached hydrogens (tertiary/aromatic N) is 3. The Labute approximate surface area is 110 Å². The molecule has 7 nitrogen and oxygen atoms in total. The zero-order chi connectivity index (χ0) is 12.8. The minimum Gasteiger partial charge on any atom is -0.377 e. The van der Waals surface area contributed by atoms with Gasteiger partial charge in [-0.2, -0.15) is 0 Å². The average molecular weight is 271 g/mol. The highest BCUT2D eigenvalue weighted by Crippen LogP contribution is 2.15. The second-order valence-corrected chi connectivity index (χ2v) is 5.07. The Morgan fingerprint density at radius 1 is 1.50 bits per heavy atom. The molecule has 0 radical (unpaired) electrons. The van der Waals surface area contributed by atoms with Crippen molar-refractivity contribution in [3.8, 4) is 0 Å². The van der Waals surface area contributed by atoms with E-state index in [1.165, 1.54) is 11.3 Å². The van der Waals surface area contributed by atoms with Crippen LogP contribution in [0.5, 0.6) is 0 Å². The lowest BCUT2D eigenvalue weighted by atomic mass is 10.3. The molecule has 1 aromatic rings. The Hall–Kier alpha value is -1.09. The van der Waals surface area contributed by atoms with E-state index in [-0.39, 0.29) is 5.91 Å². The number of carbonyl (C=O) groups is 1. The first kappa shape index (κ1) is 13.3. The van der Waals surface area contributed by atoms with E-state index in [1.807, 2.05) is 0 Å². The molecule has 0 atom stereocenters. The number of rotatable bonds is 5. The second-order valence-electron chi connectivity index (χ2n) is 4.01. The molecule has 0 unspecified atom stereocenters. The normalized spacial score (nSPS) is 16.7. The molecule has 0 aliphatic carbocycles. The molecule has 8 heteroatoms. The van der Waals surface area contributed by atoms with Gasteiger partial charge in [0.1, 0.15) is 11.6 Å². The second kappa shape index (κ2) is 6.74. The molecule has 1 aliphatic rings. The van der Waals surface area contributed by atoms with Gasteiger partial charge < -0.3 is 10.1 Å². The maximum atomic E-state index is 11.8. The molecule has 18 heavy (non-hydrogen) atoms. The molecule has 1 aliphatic heterocycles. The van der Waals surface area contributed by atoms with Crippen LogP contribution < -0.4 is 10.6 Å². The molecular formula is C10H17N5O2S. The van der Waals surface area contributed by atoms with Crippen LogP contribution in [0.3, 0.4) is 0 Å². The Kier molecular flexibility index (Phi) is 5.00. The van der Waals surface area contributed by atoms with Crippen molar-refractivity contribution in [2.75, 3.05) is 45.2 Å². The van der Waals surface area contributed by atoms with Crippen molar-refractivity contribution < 1.29 is 9.53 Å². The molecule has 0 saturated carbocycles. The predicted molar refractivity (Wildman–Crippen MR) is 68.6 cm³/mol. The standard InChI is InChI=1S/C10H17N5O2S/c1-17-7-9-13-14-10(18-9)12-8(16)6-15-4-2-11-3-5-15/h11H,2-7H2,1H3,(H,12,14,16). The molecule has 2 rings (SSSR count). The molecule has 2 heterocycles. The van der Waals surface area contributed by atoms with Crippen LogP contribution in [-0.2, 0) is 16.1 Å². The number of anilines is 1. The van der Waals surface area contributed by atoms with Gasteiger partial charge >= 0.3 is 0 Å². The van der Waals surface area contributed by atoms with Crippen molar-refractivity contribution >= 4 is 22.4 Å². The minimum atomic E-state index is -0.0444. The number of piperazine rings is 1. The van der Waals surface area contributed by atoms with E-state index in [9.17, 15) is 4.79 Å². The number of nitrogens with one attached hydrogen (secondary N) is 2. The predicted octanol–water partition coefficient (Wildman–Crippen LogP) is -0.472. The molecule has 0 spiro atoms. The summed E-state index contributed by atoms with van der Waals surface area (Å²) in [6.45, 7) is 4.50. The van der Waals surface area contributed by atoms with Crippen molar-refractivity contribution in [3.05, 3.63) is 5.01 Å². The van der Waals surface area contributed by atoms with Crippen molar-refractivity contribution in [2.24, 2.45) is 0 Å². The third kappa shape index (κ3) is 3.98. The molecule has 100 valence electrons. The number of hydrogen-bond donors (Lipinski definition) is 2. The number of ether oxygens (including phenoxy) is 1. The van der Waals surface area contributed by atoms with Crippen LogP contribution >= 0.6 is 11.3 Å². The number of hydrogen-bond acceptors (Lipinski definition) is 7. The SMILES string of the molecule is COCc1nnc(NC(=O)CN2CCNCC2)s1. The van der Waals surface area contributed by atoms with E-state index in [0.717, 1.165) is 31.2 Å². The highest BCUT2D eigenvalue weighted by molar-refractivity contribution is 7.15. The van der Waals surface area contributed by atoms with Gasteiger partial charge in [0, 0.05) is 33.3 Å². The summed E-state index contributed by atoms with van der Waals surface area (Å²) in [5.74, 6) is -0.0444. The van der Waals surface area contributed by atoms with Gasteiger partial charge in [0.05, 0.1) is 6.54 Å². The van der Waals surface area contributed by atoms with Crippen molar-refractivity contribution in [1.82, 2.24) is 20.4 Å². The fourth-order valence-corrected chi connectivity index (χ4v) is 2.45. The van der Waals surface area contributed by atoms with Crippen LogP contribution in [0.25, 0.3) is 0 Å². The van der Waals surface area contributed by atoms with E-state index in [4.69, 9.17) is 4.74 Å². The van der Waals surface area contributed by atoms with Crippen LogP contribution in [0.1, 0.15) is 5.01 Å². The van der Waals surface area contributed by atoms with Gasteiger partial charge in [0.25, 0.3) is 0 Å². The van der Waals surface area contributed by atoms with Gasteiger partial charge in [0.15, 0.2) is 0 Å². The van der Waals surface area contributed by atoms with Gasteiger partial charge in [-0.05, 0) is 0 Å². The van der Waals surface area contributed by atoms with E-state index >= 15 is 0 Å². The number of amides is 1. The molecule has 2 N–H and O–H groups in total. The average Bonchev–Trinajstić information content (AvgIpc) is 2.78. The van der Waals surface area contributed by atoms with Gasteiger partial charge in [-0.15, -0.1) is 10.2 Å². The zero-order valence-electron chi connectivity index (χ0n) is 10.3. The van der Waals surface area contributed by atoms with E-state index in [1.54, 1.807) is 7.11 Å². The first-order valence-corrected chi connectivity index (χ1v) is 6.64. The topological polar surface area (TPSA) is 79.4 Å². The van der Waals surface area contributed by atoms with Gasteiger partial charge in [-0.3, -0.25) is 15.0 Å². The lowest BCUT2D eigenvalue weighted by Crippen LogP contribution is -2.46. The van der Waals surface area contributed by atoms with Crippen LogP contribution in [0.15, 0.2) is 0 Å². The Bertz CT molecular complexity index is 391. The van der Waals surface area contributed by atoms with Crippen LogP contribution in [0.2, 0.25) is 0 Å². The minimum absolute atomic E-state index is 0.0444. The Balaban J connectivity index is 1.78. The summed E-state index contributed by atoms with van der Waals surface area (Å²) in [4.78, 5) is 13.9. The summed E-state index contributed by atoms with van der Waals surface area (Å²) >= 11 is 1.34. The zero-order valence-corrected chi connectivity index (χ0v) is 11.1. The lowest BCUT2D eigenvalue weighted by Gasteiger charge is -2.26. The van der Waals surface area contributed by atoms with Crippen molar-refractivity contribution in [3.63, 3.8) is 0 Å². The van der Waals surface area contributed by atoms with E-state index in [2.05, 4.69) is 25.7 Å². The summed E-state index contributed by atoms with van der Waals surface area (Å²) in [6.07, 6.45) is 0. The maximum absolute atomic E-state index is 11.8. The fourth-order valence-electron chi connectivity index (χ4n) is 1.72. The number of carbonyl (C=O) groups excluding carboxylic acids is 1. The summed E-state index contributed by atoms with van der Waals surface area (Å²) < 4.78 is 4.95. The van der Waals surface area contributed by atoms with Crippen molar-refractivity contribution in [2.45, 2.75) is 6.61 Å². The van der Waals surface area contributed by atoms with Gasteiger partial charge in [-0.25, -0.2) is 0 Å². The smallest absolute Gasteiger partial charge is 0.240 e. The van der Waals surface area contributed by atoms with Gasteiger partial charge in [0.2, 0.25) is 11.0 Å². The lowest BCUT2D eigenvalue weighted by molar-refractivity contribution is -0.117. The summed E-state index contributed by atoms with van der Waals surface area (Å²) in [7, 11) is 1.60. The van der Waals surface area contributed by atoms with Crippen LogP contribution in [0.4, 0.5) is 5.13 Å². The highest BCUT2D eigenvalue weighted by atomic mass is 32.1. The molecular weight excluding hydrogens is 254 g/mol. The number of methoxy groups -OCH3 is 1. The number of aromatic nitrogens is 2.